The number of benzene rings is 1. The molecule has 0 amide bonds. The van der Waals surface area contributed by atoms with E-state index in [4.69, 9.17) is 38.4 Å². The van der Waals surface area contributed by atoms with Gasteiger partial charge in [-0.3, -0.25) is 15.8 Å². The Morgan fingerprint density at radius 3 is 2.45 bits per heavy atom. The molecule has 1 aromatic carbocycles. The maximum absolute atomic E-state index is 11.6. The number of aromatic amines is 1. The number of halogens is 2. The van der Waals surface area contributed by atoms with E-state index in [2.05, 4.69) is 25.1 Å². The first-order valence-electron chi connectivity index (χ1n) is 11.6. The molecule has 1 aliphatic heterocycles. The minimum absolute atomic E-state index is 0.0283. The van der Waals surface area contributed by atoms with Gasteiger partial charge in [-0.1, -0.05) is 23.2 Å². The zero-order valence-electron chi connectivity index (χ0n) is 20.7. The van der Waals surface area contributed by atoms with Crippen molar-refractivity contribution < 1.29 is 17.9 Å². The zero-order valence-corrected chi connectivity index (χ0v) is 23.0. The van der Waals surface area contributed by atoms with Gasteiger partial charge in [0.05, 0.1) is 28.4 Å². The lowest BCUT2D eigenvalue weighted by molar-refractivity contribution is 0.204. The molecule has 3 aromatic heterocycles. The van der Waals surface area contributed by atoms with Crippen LogP contribution in [0, 0.1) is 5.92 Å². The van der Waals surface area contributed by atoms with Crippen molar-refractivity contribution in [1.29, 1.82) is 0 Å². The van der Waals surface area contributed by atoms with Gasteiger partial charge in [0.15, 0.2) is 17.7 Å². The van der Waals surface area contributed by atoms with Crippen LogP contribution in [0.25, 0.3) is 22.2 Å². The number of sulfone groups is 1. The second kappa shape index (κ2) is 10.2. The van der Waals surface area contributed by atoms with Crippen LogP contribution < -0.4 is 20.1 Å². The molecule has 0 unspecified atom stereocenters. The minimum Gasteiger partial charge on any atom is -0.493 e. The molecule has 5 rings (SSSR count). The molecular weight excluding hydrogens is 553 g/mol. The number of H-pyrrole nitrogens is 1. The Kier molecular flexibility index (Phi) is 7.07. The summed E-state index contributed by atoms with van der Waals surface area (Å²) in [5.74, 6) is 1.54. The fourth-order valence-electron chi connectivity index (χ4n) is 4.51. The third-order valence-corrected chi connectivity index (χ3v) is 8.20. The Morgan fingerprint density at radius 1 is 1.16 bits per heavy atom. The molecule has 3 atom stereocenters. The molecule has 11 nitrogen and oxygen atoms in total. The van der Waals surface area contributed by atoms with Gasteiger partial charge in [0.25, 0.3) is 0 Å². The van der Waals surface area contributed by atoms with E-state index >= 15 is 0 Å². The maximum atomic E-state index is 11.6. The molecular formula is C24H25Cl2N7O4S. The molecule has 1 saturated heterocycles. The quantitative estimate of drug-likeness (QED) is 0.297. The number of hydrogen-bond donors (Lipinski definition) is 2. The summed E-state index contributed by atoms with van der Waals surface area (Å²) in [6.45, 7) is 2.56. The second-order valence-electron chi connectivity index (χ2n) is 9.19. The third-order valence-electron chi connectivity index (χ3n) is 6.57. The number of pyridine rings is 1. The first kappa shape index (κ1) is 26.4. The number of anilines is 1. The molecule has 0 radical (unpaired) electrons. The lowest BCUT2D eigenvalue weighted by Crippen LogP contribution is -2.57. The molecule has 4 heterocycles. The Balaban J connectivity index is 1.41. The third kappa shape index (κ3) is 5.08. The van der Waals surface area contributed by atoms with Gasteiger partial charge in [-0.15, -0.1) is 0 Å². The maximum Gasteiger partial charge on any atom is 0.225 e. The van der Waals surface area contributed by atoms with Crippen molar-refractivity contribution in [2.45, 2.75) is 19.2 Å². The molecule has 0 bridgehead atoms. The first-order valence-corrected chi connectivity index (χ1v) is 14.4. The van der Waals surface area contributed by atoms with Crippen LogP contribution in [-0.4, -0.2) is 65.3 Å². The number of ether oxygens (including phenoxy) is 2. The van der Waals surface area contributed by atoms with E-state index in [1.807, 2.05) is 11.8 Å². The first-order chi connectivity index (χ1) is 18.1. The number of fused-ring (bicyclic) bond motifs is 1. The number of nitrogens with two attached hydrogens (primary N) is 1. The van der Waals surface area contributed by atoms with Crippen molar-refractivity contribution in [1.82, 2.24) is 25.1 Å². The van der Waals surface area contributed by atoms with E-state index in [0.717, 1.165) is 5.39 Å². The van der Waals surface area contributed by atoms with Gasteiger partial charge in [0, 0.05) is 72.1 Å². The lowest BCUT2D eigenvalue weighted by atomic mass is 9.92. The zero-order chi connectivity index (χ0) is 27.2. The Morgan fingerprint density at radius 2 is 1.84 bits per heavy atom. The van der Waals surface area contributed by atoms with Gasteiger partial charge in [-0.05, 0) is 13.0 Å². The largest absolute Gasteiger partial charge is 0.493 e. The average molecular weight is 578 g/mol. The van der Waals surface area contributed by atoms with Crippen LogP contribution in [-0.2, 0) is 9.84 Å². The number of rotatable bonds is 8. The lowest BCUT2D eigenvalue weighted by Gasteiger charge is -2.46. The summed E-state index contributed by atoms with van der Waals surface area (Å²) in [6, 6.07) is 3.54. The highest BCUT2D eigenvalue weighted by atomic mass is 35.5. The van der Waals surface area contributed by atoms with E-state index in [-0.39, 0.29) is 27.8 Å². The summed E-state index contributed by atoms with van der Waals surface area (Å²) in [5.41, 5.74) is 8.69. The number of hydrogen-bond acceptors (Lipinski definition) is 10. The van der Waals surface area contributed by atoms with Gasteiger partial charge in [-0.25, -0.2) is 18.4 Å². The minimum atomic E-state index is -3.04. The van der Waals surface area contributed by atoms with Crippen molar-refractivity contribution in [2.75, 3.05) is 30.6 Å². The highest BCUT2D eigenvalue weighted by Gasteiger charge is 2.38. The second-order valence-corrected chi connectivity index (χ2v) is 12.2. The molecule has 4 aromatic rings. The highest BCUT2D eigenvalue weighted by molar-refractivity contribution is 7.90. The van der Waals surface area contributed by atoms with Crippen LogP contribution in [0.5, 0.6) is 11.5 Å². The standard InChI is InChI=1S/C24H25Cl2N7O4S/c1-12-14(11-38(3,34)35)10-33(12)24-29-6-13(7-30-24)22-15-4-20(19(36-2)5-18(15)31-32-22)37-23(27)21-16(25)8-28-9-17(21)26/h4-9,12,14,23H,10-11,27H2,1-3H3,(H,31,32)/t12-,14-,23+/m1/s1. The predicted octanol–water partition coefficient (Wildman–Crippen LogP) is 3.64. The van der Waals surface area contributed by atoms with Crippen molar-refractivity contribution >= 4 is 49.9 Å². The molecule has 3 N–H and O–H groups in total. The van der Waals surface area contributed by atoms with Crippen molar-refractivity contribution in [3.63, 3.8) is 0 Å². The van der Waals surface area contributed by atoms with Crippen LogP contribution in [0.1, 0.15) is 18.7 Å². The van der Waals surface area contributed by atoms with E-state index in [0.29, 0.717) is 46.3 Å². The number of methoxy groups -OCH3 is 1. The number of nitrogens with one attached hydrogen (secondary N) is 1. The topological polar surface area (TPSA) is 149 Å². The van der Waals surface area contributed by atoms with Crippen LogP contribution in [0.3, 0.4) is 0 Å². The summed E-state index contributed by atoms with van der Waals surface area (Å²) in [6.07, 6.45) is 6.52. The van der Waals surface area contributed by atoms with Crippen LogP contribution in [0.4, 0.5) is 5.95 Å². The summed E-state index contributed by atoms with van der Waals surface area (Å²) in [7, 11) is -1.52. The molecule has 1 aliphatic rings. The summed E-state index contributed by atoms with van der Waals surface area (Å²) in [5, 5.41) is 8.74. The van der Waals surface area contributed by atoms with Gasteiger partial charge in [-0.2, -0.15) is 5.10 Å². The fraction of sp³-hybridized carbons (Fsp3) is 0.333. The smallest absolute Gasteiger partial charge is 0.225 e. The predicted molar refractivity (Wildman–Crippen MR) is 145 cm³/mol. The SMILES string of the molecule is COc1cc2[nH]nc(-c3cnc(N4C[C@H](CS(C)(=O)=O)[C@H]4C)nc3)c2cc1O[C@H](N)c1c(Cl)cncc1Cl. The van der Waals surface area contributed by atoms with Crippen molar-refractivity contribution in [3.8, 4) is 22.8 Å². The highest BCUT2D eigenvalue weighted by Crippen LogP contribution is 2.39. The Hall–Kier alpha value is -3.19. The van der Waals surface area contributed by atoms with Gasteiger partial charge >= 0.3 is 0 Å². The average Bonchev–Trinajstić information content (AvgIpc) is 3.28. The number of nitrogens with zero attached hydrogens (tertiary/aromatic N) is 5. The molecule has 14 heteroatoms. The van der Waals surface area contributed by atoms with Crippen LogP contribution in [0.2, 0.25) is 10.0 Å². The summed E-state index contributed by atoms with van der Waals surface area (Å²) >= 11 is 12.5. The summed E-state index contributed by atoms with van der Waals surface area (Å²) in [4.78, 5) is 14.9. The van der Waals surface area contributed by atoms with Crippen molar-refractivity contribution in [2.24, 2.45) is 11.7 Å². The molecule has 0 spiro atoms. The molecule has 1 fully saturated rings. The molecule has 0 aliphatic carbocycles. The van der Waals surface area contributed by atoms with E-state index in [1.54, 1.807) is 24.5 Å². The molecule has 0 saturated carbocycles. The number of aromatic nitrogens is 5. The normalized spacial score (nSPS) is 18.3. The fourth-order valence-corrected chi connectivity index (χ4v) is 6.25. The van der Waals surface area contributed by atoms with E-state index in [1.165, 1.54) is 25.8 Å². The monoisotopic (exact) mass is 577 g/mol. The summed E-state index contributed by atoms with van der Waals surface area (Å²) < 4.78 is 34.8. The van der Waals surface area contributed by atoms with Crippen LogP contribution >= 0.6 is 23.2 Å². The van der Waals surface area contributed by atoms with Crippen LogP contribution in [0.15, 0.2) is 36.9 Å². The molecule has 38 heavy (non-hydrogen) atoms. The van der Waals surface area contributed by atoms with Gasteiger partial charge in [0.2, 0.25) is 5.95 Å². The Labute approximate surface area is 229 Å². The van der Waals surface area contributed by atoms with E-state index < -0.39 is 16.1 Å². The van der Waals surface area contributed by atoms with E-state index in [9.17, 15) is 8.42 Å². The van der Waals surface area contributed by atoms with Crippen molar-refractivity contribution in [3.05, 3.63) is 52.5 Å². The van der Waals surface area contributed by atoms with Gasteiger partial charge in [0.1, 0.15) is 15.5 Å². The Bertz CT molecular complexity index is 1580. The molecule has 200 valence electrons. The van der Waals surface area contributed by atoms with Gasteiger partial charge < -0.3 is 14.4 Å².